The van der Waals surface area contributed by atoms with Crippen molar-refractivity contribution in [2.45, 2.75) is 104 Å². The fraction of sp³-hybridized carbons (Fsp3) is 0.696. The monoisotopic (exact) mass is 330 g/mol. The number of Topliss-reactive ketones (excluding diaryl/α,β-unsaturated/α-hetero) is 1. The van der Waals surface area contributed by atoms with Crippen LogP contribution in [-0.2, 0) is 0 Å². The van der Waals surface area contributed by atoms with E-state index in [9.17, 15) is 4.79 Å². The first kappa shape index (κ1) is 20.9. The number of carbonyl (C=O) groups is 1. The molecule has 1 rings (SSSR count). The van der Waals surface area contributed by atoms with Crippen LogP contribution in [0.15, 0.2) is 24.3 Å². The summed E-state index contributed by atoms with van der Waals surface area (Å²) in [6.45, 7) is 6.63. The molecule has 0 unspecified atom stereocenters. The fourth-order valence-corrected chi connectivity index (χ4v) is 3.15. The third-order valence-corrected chi connectivity index (χ3v) is 4.91. The maximum atomic E-state index is 12.2. The Morgan fingerprint density at radius 1 is 0.750 bits per heavy atom. The fourth-order valence-electron chi connectivity index (χ4n) is 3.15. The van der Waals surface area contributed by atoms with Gasteiger partial charge in [0.05, 0.1) is 0 Å². The molecule has 0 saturated carbocycles. The van der Waals surface area contributed by atoms with E-state index in [1.165, 1.54) is 69.8 Å². The van der Waals surface area contributed by atoms with Gasteiger partial charge in [-0.15, -0.1) is 0 Å². The maximum Gasteiger partial charge on any atom is 0.162 e. The highest BCUT2D eigenvalue weighted by Gasteiger charge is 2.06. The minimum Gasteiger partial charge on any atom is -0.294 e. The van der Waals surface area contributed by atoms with Gasteiger partial charge in [0.2, 0.25) is 0 Å². The van der Waals surface area contributed by atoms with Crippen molar-refractivity contribution in [2.75, 3.05) is 0 Å². The van der Waals surface area contributed by atoms with Gasteiger partial charge < -0.3 is 0 Å². The van der Waals surface area contributed by atoms with E-state index in [1.807, 2.05) is 12.1 Å². The summed E-state index contributed by atoms with van der Waals surface area (Å²) in [4.78, 5) is 12.2. The lowest BCUT2D eigenvalue weighted by atomic mass is 9.98. The number of ketones is 1. The van der Waals surface area contributed by atoms with Gasteiger partial charge in [0.25, 0.3) is 0 Å². The predicted molar refractivity (Wildman–Crippen MR) is 106 cm³/mol. The number of benzene rings is 1. The number of rotatable bonds is 14. The first-order valence-electron chi connectivity index (χ1n) is 10.3. The molecule has 0 amide bonds. The van der Waals surface area contributed by atoms with Crippen LogP contribution in [0.3, 0.4) is 0 Å². The van der Waals surface area contributed by atoms with E-state index in [0.717, 1.165) is 12.0 Å². The molecule has 0 fully saturated rings. The van der Waals surface area contributed by atoms with Crippen molar-refractivity contribution < 1.29 is 4.79 Å². The molecule has 0 aliphatic heterocycles. The van der Waals surface area contributed by atoms with Gasteiger partial charge in [-0.05, 0) is 17.9 Å². The molecule has 0 bridgehead atoms. The minimum absolute atomic E-state index is 0.307. The summed E-state index contributed by atoms with van der Waals surface area (Å²) in [5.41, 5.74) is 2.19. The highest BCUT2D eigenvalue weighted by atomic mass is 16.1. The van der Waals surface area contributed by atoms with Gasteiger partial charge in [-0.2, -0.15) is 0 Å². The van der Waals surface area contributed by atoms with Crippen LogP contribution in [0.25, 0.3) is 0 Å². The van der Waals surface area contributed by atoms with Crippen LogP contribution >= 0.6 is 0 Å². The molecular formula is C23H38O. The Hall–Kier alpha value is -1.11. The summed E-state index contributed by atoms with van der Waals surface area (Å²) in [6, 6.07) is 8.18. The van der Waals surface area contributed by atoms with E-state index in [-0.39, 0.29) is 0 Å². The van der Waals surface area contributed by atoms with Crippen LogP contribution in [0.1, 0.15) is 120 Å². The molecule has 0 heterocycles. The quantitative estimate of drug-likeness (QED) is 0.252. The second kappa shape index (κ2) is 13.2. The Labute approximate surface area is 150 Å². The van der Waals surface area contributed by atoms with Crippen LogP contribution in [0.2, 0.25) is 0 Å². The zero-order valence-corrected chi connectivity index (χ0v) is 16.3. The first-order chi connectivity index (χ1) is 11.6. The van der Waals surface area contributed by atoms with Crippen molar-refractivity contribution in [3.05, 3.63) is 35.4 Å². The van der Waals surface area contributed by atoms with Gasteiger partial charge in [0, 0.05) is 12.0 Å². The molecule has 1 heteroatoms. The molecule has 0 aromatic heterocycles. The number of carbonyl (C=O) groups excluding carboxylic acids is 1. The topological polar surface area (TPSA) is 17.1 Å². The molecule has 24 heavy (non-hydrogen) atoms. The SMILES string of the molecule is CCCCCCCCCCCCCC(=O)c1ccc(C(C)C)cc1. The Balaban J connectivity index is 2.01. The normalized spacial score (nSPS) is 11.2. The van der Waals surface area contributed by atoms with Crippen molar-refractivity contribution in [2.24, 2.45) is 0 Å². The Kier molecular flexibility index (Phi) is 11.5. The average Bonchev–Trinajstić information content (AvgIpc) is 2.59. The highest BCUT2D eigenvalue weighted by molar-refractivity contribution is 5.96. The van der Waals surface area contributed by atoms with Gasteiger partial charge in [0.15, 0.2) is 5.78 Å². The largest absolute Gasteiger partial charge is 0.294 e. The average molecular weight is 331 g/mol. The van der Waals surface area contributed by atoms with Gasteiger partial charge >= 0.3 is 0 Å². The summed E-state index contributed by atoms with van der Waals surface area (Å²) in [5, 5.41) is 0. The van der Waals surface area contributed by atoms with Crippen LogP contribution in [0.5, 0.6) is 0 Å². The van der Waals surface area contributed by atoms with E-state index in [0.29, 0.717) is 18.1 Å². The Morgan fingerprint density at radius 2 is 1.21 bits per heavy atom. The zero-order chi connectivity index (χ0) is 17.6. The molecule has 0 radical (unpaired) electrons. The highest BCUT2D eigenvalue weighted by Crippen LogP contribution is 2.17. The lowest BCUT2D eigenvalue weighted by Gasteiger charge is -2.06. The molecule has 1 aromatic rings. The standard InChI is InChI=1S/C23H38O/c1-4-5-6-7-8-9-10-11-12-13-14-15-23(24)22-18-16-21(17-19-22)20(2)3/h16-20H,4-15H2,1-3H3. The van der Waals surface area contributed by atoms with Crippen molar-refractivity contribution in [3.63, 3.8) is 0 Å². The van der Waals surface area contributed by atoms with Crippen LogP contribution in [-0.4, -0.2) is 5.78 Å². The summed E-state index contributed by atoms with van der Waals surface area (Å²) < 4.78 is 0. The van der Waals surface area contributed by atoms with E-state index in [2.05, 4.69) is 32.9 Å². The summed E-state index contributed by atoms with van der Waals surface area (Å²) in [7, 11) is 0. The van der Waals surface area contributed by atoms with Gasteiger partial charge in [-0.3, -0.25) is 4.79 Å². The van der Waals surface area contributed by atoms with Crippen LogP contribution in [0, 0.1) is 0 Å². The summed E-state index contributed by atoms with van der Waals surface area (Å²) in [5.74, 6) is 0.835. The van der Waals surface area contributed by atoms with Crippen molar-refractivity contribution >= 4 is 5.78 Å². The minimum atomic E-state index is 0.307. The van der Waals surface area contributed by atoms with Gasteiger partial charge in [-0.25, -0.2) is 0 Å². The molecule has 0 N–H and O–H groups in total. The molecular weight excluding hydrogens is 292 g/mol. The number of hydrogen-bond donors (Lipinski definition) is 0. The van der Waals surface area contributed by atoms with Crippen molar-refractivity contribution in [3.8, 4) is 0 Å². The molecule has 0 spiro atoms. The second-order valence-electron chi connectivity index (χ2n) is 7.49. The Morgan fingerprint density at radius 3 is 1.67 bits per heavy atom. The van der Waals surface area contributed by atoms with Crippen molar-refractivity contribution in [1.82, 2.24) is 0 Å². The van der Waals surface area contributed by atoms with E-state index in [4.69, 9.17) is 0 Å². The number of hydrogen-bond acceptors (Lipinski definition) is 1. The molecule has 136 valence electrons. The van der Waals surface area contributed by atoms with Gasteiger partial charge in [0.1, 0.15) is 0 Å². The predicted octanol–water partition coefficient (Wildman–Crippen LogP) is 7.69. The van der Waals surface area contributed by atoms with Crippen LogP contribution in [0.4, 0.5) is 0 Å². The maximum absolute atomic E-state index is 12.2. The van der Waals surface area contributed by atoms with E-state index >= 15 is 0 Å². The molecule has 1 nitrogen and oxygen atoms in total. The third kappa shape index (κ3) is 9.25. The second-order valence-corrected chi connectivity index (χ2v) is 7.49. The van der Waals surface area contributed by atoms with Crippen molar-refractivity contribution in [1.29, 1.82) is 0 Å². The van der Waals surface area contributed by atoms with Gasteiger partial charge in [-0.1, -0.05) is 109 Å². The summed E-state index contributed by atoms with van der Waals surface area (Å²) in [6.07, 6.45) is 15.3. The van der Waals surface area contributed by atoms with Crippen LogP contribution < -0.4 is 0 Å². The lowest BCUT2D eigenvalue weighted by Crippen LogP contribution is -1.99. The van der Waals surface area contributed by atoms with E-state index < -0.39 is 0 Å². The summed E-state index contributed by atoms with van der Waals surface area (Å²) >= 11 is 0. The molecule has 0 aliphatic rings. The lowest BCUT2D eigenvalue weighted by molar-refractivity contribution is 0.0979. The molecule has 0 saturated heterocycles. The molecule has 0 aliphatic carbocycles. The Bertz CT molecular complexity index is 430. The van der Waals surface area contributed by atoms with E-state index in [1.54, 1.807) is 0 Å². The third-order valence-electron chi connectivity index (χ3n) is 4.91. The zero-order valence-electron chi connectivity index (χ0n) is 16.3. The first-order valence-corrected chi connectivity index (χ1v) is 10.3. The smallest absolute Gasteiger partial charge is 0.162 e. The molecule has 1 aromatic carbocycles. The number of unbranched alkanes of at least 4 members (excludes halogenated alkanes) is 10. The molecule has 0 atom stereocenters.